The van der Waals surface area contributed by atoms with Crippen LogP contribution in [0.5, 0.6) is 0 Å². The maximum absolute atomic E-state index is 11.0. The van der Waals surface area contributed by atoms with E-state index >= 15 is 0 Å². The van der Waals surface area contributed by atoms with Gasteiger partial charge in [-0.15, -0.1) is 0 Å². The third-order valence-corrected chi connectivity index (χ3v) is 3.95. The zero-order chi connectivity index (χ0) is 10.1. The van der Waals surface area contributed by atoms with Crippen molar-refractivity contribution in [3.05, 3.63) is 11.5 Å². The molecule has 0 aromatic carbocycles. The zero-order valence-corrected chi connectivity index (χ0v) is 9.24. The van der Waals surface area contributed by atoms with E-state index < -0.39 is 9.05 Å². The molecule has 5 heteroatoms. The minimum absolute atomic E-state index is 0.00116. The van der Waals surface area contributed by atoms with Crippen LogP contribution in [0, 0.1) is 5.92 Å². The van der Waals surface area contributed by atoms with Crippen LogP contribution < -0.4 is 0 Å². The van der Waals surface area contributed by atoms with Gasteiger partial charge in [0, 0.05) is 23.1 Å². The summed E-state index contributed by atoms with van der Waals surface area (Å²) in [6.07, 6.45) is 1.88. The van der Waals surface area contributed by atoms with E-state index in [0.717, 1.165) is 25.9 Å². The molecule has 3 nitrogen and oxygen atoms in total. The van der Waals surface area contributed by atoms with Gasteiger partial charge in [0.15, 0.2) is 0 Å². The van der Waals surface area contributed by atoms with Crippen molar-refractivity contribution >= 4 is 19.7 Å². The zero-order valence-electron chi connectivity index (χ0n) is 7.66. The Morgan fingerprint density at radius 3 is 2.69 bits per heavy atom. The van der Waals surface area contributed by atoms with Gasteiger partial charge < -0.3 is 4.90 Å². The van der Waals surface area contributed by atoms with E-state index in [1.807, 2.05) is 7.05 Å². The molecule has 0 aliphatic carbocycles. The Bertz CT molecular complexity index is 299. The summed E-state index contributed by atoms with van der Waals surface area (Å²) < 4.78 is 22.0. The van der Waals surface area contributed by atoms with E-state index in [0.29, 0.717) is 0 Å². The van der Waals surface area contributed by atoms with Crippen LogP contribution in [-0.4, -0.2) is 33.5 Å². The van der Waals surface area contributed by atoms with Gasteiger partial charge in [-0.1, -0.05) is 6.58 Å². The number of halogens is 1. The van der Waals surface area contributed by atoms with Crippen molar-refractivity contribution in [2.24, 2.45) is 5.92 Å². The van der Waals surface area contributed by atoms with E-state index in [2.05, 4.69) is 11.5 Å². The molecule has 0 saturated carbocycles. The Labute approximate surface area is 83.8 Å². The molecule has 1 heterocycles. The number of hydrogen-bond acceptors (Lipinski definition) is 3. The van der Waals surface area contributed by atoms with Crippen LogP contribution in [0.3, 0.4) is 0 Å². The average Bonchev–Trinajstić information content (AvgIpc) is 2.01. The Kier molecular flexibility index (Phi) is 3.38. The summed E-state index contributed by atoms with van der Waals surface area (Å²) in [5, 5.41) is 0. The number of likely N-dealkylation sites (tertiary alicyclic amines) is 1. The van der Waals surface area contributed by atoms with Crippen molar-refractivity contribution in [1.29, 1.82) is 0 Å². The van der Waals surface area contributed by atoms with Gasteiger partial charge in [0.25, 0.3) is 9.05 Å². The molecule has 0 bridgehead atoms. The van der Waals surface area contributed by atoms with Crippen molar-refractivity contribution in [2.75, 3.05) is 20.1 Å². The number of rotatable bonds is 2. The van der Waals surface area contributed by atoms with Crippen LogP contribution in [0.25, 0.3) is 0 Å². The molecule has 13 heavy (non-hydrogen) atoms. The van der Waals surface area contributed by atoms with E-state index in [4.69, 9.17) is 10.7 Å². The fourth-order valence-corrected chi connectivity index (χ4v) is 2.60. The van der Waals surface area contributed by atoms with Crippen molar-refractivity contribution in [3.63, 3.8) is 0 Å². The van der Waals surface area contributed by atoms with Crippen LogP contribution >= 0.6 is 10.7 Å². The van der Waals surface area contributed by atoms with Gasteiger partial charge in [-0.3, -0.25) is 0 Å². The molecular weight excluding hydrogens is 210 g/mol. The van der Waals surface area contributed by atoms with E-state index in [1.54, 1.807) is 0 Å². The molecule has 0 aromatic rings. The predicted molar refractivity (Wildman–Crippen MR) is 54.1 cm³/mol. The SMILES string of the molecule is C=C(C1CCCN(C)C1)S(=O)(=O)Cl. The monoisotopic (exact) mass is 223 g/mol. The lowest BCUT2D eigenvalue weighted by atomic mass is 9.99. The molecule has 0 N–H and O–H groups in total. The third kappa shape index (κ3) is 2.97. The van der Waals surface area contributed by atoms with Crippen LogP contribution in [0.1, 0.15) is 12.8 Å². The van der Waals surface area contributed by atoms with E-state index in [9.17, 15) is 8.42 Å². The molecule has 0 spiro atoms. The van der Waals surface area contributed by atoms with Crippen LogP contribution in [0.15, 0.2) is 11.5 Å². The minimum atomic E-state index is -3.57. The van der Waals surface area contributed by atoms with Crippen molar-refractivity contribution < 1.29 is 8.42 Å². The molecule has 1 aliphatic rings. The fraction of sp³-hybridized carbons (Fsp3) is 0.750. The van der Waals surface area contributed by atoms with Gasteiger partial charge >= 0.3 is 0 Å². The lowest BCUT2D eigenvalue weighted by Gasteiger charge is -2.29. The number of nitrogens with zero attached hydrogens (tertiary/aromatic N) is 1. The first-order valence-electron chi connectivity index (χ1n) is 4.23. The minimum Gasteiger partial charge on any atom is -0.306 e. The summed E-state index contributed by atoms with van der Waals surface area (Å²) in [6.45, 7) is 5.30. The maximum Gasteiger partial charge on any atom is 0.257 e. The average molecular weight is 224 g/mol. The number of hydrogen-bond donors (Lipinski definition) is 0. The summed E-state index contributed by atoms with van der Waals surface area (Å²) in [5.41, 5.74) is 0. The van der Waals surface area contributed by atoms with Crippen molar-refractivity contribution in [1.82, 2.24) is 4.90 Å². The normalized spacial score (nSPS) is 25.8. The van der Waals surface area contributed by atoms with Gasteiger partial charge in [-0.25, -0.2) is 8.42 Å². The summed E-state index contributed by atoms with van der Waals surface area (Å²) in [6, 6.07) is 0. The molecule has 0 amide bonds. The molecule has 76 valence electrons. The second-order valence-corrected chi connectivity index (χ2v) is 6.12. The Morgan fingerprint density at radius 1 is 1.62 bits per heavy atom. The van der Waals surface area contributed by atoms with Crippen LogP contribution in [0.4, 0.5) is 0 Å². The maximum atomic E-state index is 11.0. The van der Waals surface area contributed by atoms with E-state index in [1.165, 1.54) is 0 Å². The summed E-state index contributed by atoms with van der Waals surface area (Å²) >= 11 is 0. The highest BCUT2D eigenvalue weighted by Crippen LogP contribution is 2.27. The van der Waals surface area contributed by atoms with Gasteiger partial charge in [-0.2, -0.15) is 0 Å². The fourth-order valence-electron chi connectivity index (χ4n) is 1.63. The smallest absolute Gasteiger partial charge is 0.257 e. The van der Waals surface area contributed by atoms with Crippen molar-refractivity contribution in [2.45, 2.75) is 12.8 Å². The molecule has 0 aromatic heterocycles. The first-order chi connectivity index (χ1) is 5.91. The molecule has 1 aliphatic heterocycles. The molecule has 1 rings (SSSR count). The van der Waals surface area contributed by atoms with Gasteiger partial charge in [0.05, 0.1) is 4.91 Å². The van der Waals surface area contributed by atoms with Crippen molar-refractivity contribution in [3.8, 4) is 0 Å². The quantitative estimate of drug-likeness (QED) is 0.665. The van der Waals surface area contributed by atoms with Crippen LogP contribution in [0.2, 0.25) is 0 Å². The largest absolute Gasteiger partial charge is 0.306 e. The highest BCUT2D eigenvalue weighted by molar-refractivity contribution is 8.16. The Morgan fingerprint density at radius 2 is 2.23 bits per heavy atom. The van der Waals surface area contributed by atoms with Gasteiger partial charge in [0.2, 0.25) is 0 Å². The molecule has 0 radical (unpaired) electrons. The molecule has 1 saturated heterocycles. The molecule has 1 fully saturated rings. The molecule has 1 unspecified atom stereocenters. The first-order valence-corrected chi connectivity index (χ1v) is 6.54. The second-order valence-electron chi connectivity index (χ2n) is 3.51. The molecule has 1 atom stereocenters. The summed E-state index contributed by atoms with van der Waals surface area (Å²) in [5.74, 6) is 0.00116. The lowest BCUT2D eigenvalue weighted by Crippen LogP contribution is -2.33. The molecular formula is C8H14ClNO2S. The first kappa shape index (κ1) is 11.0. The Hall–Kier alpha value is -0.0600. The Balaban J connectivity index is 2.67. The third-order valence-electron chi connectivity index (χ3n) is 2.39. The van der Waals surface area contributed by atoms with E-state index in [-0.39, 0.29) is 10.8 Å². The summed E-state index contributed by atoms with van der Waals surface area (Å²) in [7, 11) is 3.62. The lowest BCUT2D eigenvalue weighted by molar-refractivity contribution is 0.235. The summed E-state index contributed by atoms with van der Waals surface area (Å²) in [4.78, 5) is 2.27. The topological polar surface area (TPSA) is 37.4 Å². The standard InChI is InChI=1S/C8H14ClNO2S/c1-7(13(9,11)12)8-4-3-5-10(2)6-8/h8H,1,3-6H2,2H3. The second kappa shape index (κ2) is 3.98. The number of piperidine rings is 1. The van der Waals surface area contributed by atoms with Gasteiger partial charge in [-0.05, 0) is 26.4 Å². The van der Waals surface area contributed by atoms with Crippen LogP contribution in [-0.2, 0) is 9.05 Å². The highest BCUT2D eigenvalue weighted by Gasteiger charge is 2.26. The highest BCUT2D eigenvalue weighted by atomic mass is 35.7. The predicted octanol–water partition coefficient (Wildman–Crippen LogP) is 1.41. The van der Waals surface area contributed by atoms with Gasteiger partial charge in [0.1, 0.15) is 0 Å².